The van der Waals surface area contributed by atoms with Crippen LogP contribution in [0.5, 0.6) is 0 Å². The molecule has 10 nitrogen and oxygen atoms in total. The average molecular weight is 545 g/mol. The molecule has 0 saturated heterocycles. The van der Waals surface area contributed by atoms with Crippen LogP contribution in [-0.2, 0) is 35.6 Å². The summed E-state index contributed by atoms with van der Waals surface area (Å²) >= 11 is 0. The zero-order valence-electron chi connectivity index (χ0n) is 20.6. The van der Waals surface area contributed by atoms with Crippen molar-refractivity contribution in [2.24, 2.45) is 0 Å². The number of aliphatic carboxylic acids is 2. The number of nitrogens with zero attached hydrogens (tertiary/aromatic N) is 5. The Morgan fingerprint density at radius 3 is 2.00 bits per heavy atom. The van der Waals surface area contributed by atoms with Gasteiger partial charge in [-0.05, 0) is 40.0 Å². The van der Waals surface area contributed by atoms with Crippen molar-refractivity contribution >= 4 is 11.9 Å². The summed E-state index contributed by atoms with van der Waals surface area (Å²) in [5, 5.41) is 23.1. The third kappa shape index (κ3) is 11.2. The van der Waals surface area contributed by atoms with Gasteiger partial charge in [-0.15, -0.1) is 10.2 Å². The summed E-state index contributed by atoms with van der Waals surface area (Å²) in [5.41, 5.74) is 0. The van der Waals surface area contributed by atoms with Gasteiger partial charge in [-0.1, -0.05) is 0 Å². The molecule has 3 heterocycles. The van der Waals surface area contributed by atoms with Crippen LogP contribution in [0.3, 0.4) is 0 Å². The summed E-state index contributed by atoms with van der Waals surface area (Å²) in [4.78, 5) is 22.5. The highest BCUT2D eigenvalue weighted by molar-refractivity contribution is 5.73. The lowest BCUT2D eigenvalue weighted by molar-refractivity contribution is -0.193. The molecule has 0 aliphatic carbocycles. The molecule has 0 aromatic carbocycles. The first kappa shape index (κ1) is 31.9. The van der Waals surface area contributed by atoms with Crippen LogP contribution in [0.4, 0.5) is 26.3 Å². The van der Waals surface area contributed by atoms with Crippen molar-refractivity contribution in [3.63, 3.8) is 0 Å². The highest BCUT2D eigenvalue weighted by Crippen LogP contribution is 2.16. The first-order valence-corrected chi connectivity index (χ1v) is 10.9. The van der Waals surface area contributed by atoms with Crippen LogP contribution in [0.1, 0.15) is 37.0 Å². The number of rotatable bonds is 5. The molecule has 0 bridgehead atoms. The van der Waals surface area contributed by atoms with Gasteiger partial charge in [0.25, 0.3) is 0 Å². The third-order valence-electron chi connectivity index (χ3n) is 5.13. The summed E-state index contributed by atoms with van der Waals surface area (Å²) in [6.45, 7) is 11.1. The third-order valence-corrected chi connectivity index (χ3v) is 5.13. The highest BCUT2D eigenvalue weighted by atomic mass is 19.4. The van der Waals surface area contributed by atoms with Crippen molar-refractivity contribution in [1.29, 1.82) is 0 Å². The van der Waals surface area contributed by atoms with Crippen molar-refractivity contribution in [3.05, 3.63) is 35.3 Å². The predicted molar refractivity (Wildman–Crippen MR) is 116 cm³/mol. The normalized spacial score (nSPS) is 14.3. The Morgan fingerprint density at radius 1 is 1.03 bits per heavy atom. The van der Waals surface area contributed by atoms with Gasteiger partial charge in [0, 0.05) is 32.1 Å². The number of aryl methyl sites for hydroxylation is 1. The minimum Gasteiger partial charge on any atom is -0.475 e. The predicted octanol–water partition coefficient (Wildman–Crippen LogP) is 3.34. The van der Waals surface area contributed by atoms with E-state index in [1.165, 1.54) is 0 Å². The number of hydrogen-bond donors (Lipinski definition) is 2. The summed E-state index contributed by atoms with van der Waals surface area (Å²) in [6.07, 6.45) is -9.22. The van der Waals surface area contributed by atoms with Crippen molar-refractivity contribution in [2.75, 3.05) is 20.1 Å². The fourth-order valence-corrected chi connectivity index (χ4v) is 2.90. The standard InChI is InChI=1S/C17H27N5O.2C2HF3O2/c1-13(2)20(4)12-17-19-18-16-7-8-21(9-10-22(16)17)11-15-6-5-14(3)23-15;2*3-2(4,5)1(6)7/h5-6,13H,7-12H2,1-4H3;2*(H,6,7). The molecule has 3 rings (SSSR count). The van der Waals surface area contributed by atoms with Gasteiger partial charge in [0.15, 0.2) is 0 Å². The number of halogens is 6. The van der Waals surface area contributed by atoms with Gasteiger partial charge >= 0.3 is 24.3 Å². The fraction of sp³-hybridized carbons (Fsp3) is 0.619. The van der Waals surface area contributed by atoms with Gasteiger partial charge in [-0.3, -0.25) is 9.80 Å². The second-order valence-electron chi connectivity index (χ2n) is 8.34. The first-order chi connectivity index (χ1) is 16.9. The molecule has 0 saturated carbocycles. The molecule has 210 valence electrons. The molecule has 0 spiro atoms. The Morgan fingerprint density at radius 2 is 1.57 bits per heavy atom. The fourth-order valence-electron chi connectivity index (χ4n) is 2.90. The van der Waals surface area contributed by atoms with Crippen molar-refractivity contribution in [3.8, 4) is 0 Å². The van der Waals surface area contributed by atoms with Crippen LogP contribution in [0.2, 0.25) is 0 Å². The second-order valence-corrected chi connectivity index (χ2v) is 8.34. The lowest BCUT2D eigenvalue weighted by Crippen LogP contribution is -2.29. The summed E-state index contributed by atoms with van der Waals surface area (Å²) in [7, 11) is 2.13. The van der Waals surface area contributed by atoms with Crippen molar-refractivity contribution < 1.29 is 50.6 Å². The van der Waals surface area contributed by atoms with Gasteiger partial charge in [-0.25, -0.2) is 9.59 Å². The first-order valence-electron chi connectivity index (χ1n) is 10.9. The molecular weight excluding hydrogens is 516 g/mol. The zero-order valence-corrected chi connectivity index (χ0v) is 20.6. The summed E-state index contributed by atoms with van der Waals surface area (Å²) in [5.74, 6) is -1.31. The Kier molecular flexibility index (Phi) is 11.6. The Labute approximate surface area is 208 Å². The summed E-state index contributed by atoms with van der Waals surface area (Å²) < 4.78 is 71.5. The molecule has 37 heavy (non-hydrogen) atoms. The molecule has 0 radical (unpaired) electrons. The molecule has 1 aliphatic heterocycles. The number of alkyl halides is 6. The van der Waals surface area contributed by atoms with E-state index in [9.17, 15) is 26.3 Å². The molecule has 2 N–H and O–H groups in total. The van der Waals surface area contributed by atoms with Gasteiger partial charge in [-0.2, -0.15) is 26.3 Å². The van der Waals surface area contributed by atoms with E-state index in [2.05, 4.69) is 51.5 Å². The van der Waals surface area contributed by atoms with Crippen molar-refractivity contribution in [2.45, 2.75) is 65.2 Å². The Bertz CT molecular complexity index is 994. The van der Waals surface area contributed by atoms with E-state index in [-0.39, 0.29) is 0 Å². The number of aromatic nitrogens is 3. The van der Waals surface area contributed by atoms with E-state index < -0.39 is 24.3 Å². The number of furan rings is 1. The van der Waals surface area contributed by atoms with Crippen LogP contribution in [0.25, 0.3) is 0 Å². The lowest BCUT2D eigenvalue weighted by atomic mass is 10.3. The molecule has 16 heteroatoms. The molecule has 1 aliphatic rings. The topological polar surface area (TPSA) is 125 Å². The lowest BCUT2D eigenvalue weighted by Gasteiger charge is -2.21. The van der Waals surface area contributed by atoms with Crippen molar-refractivity contribution in [1.82, 2.24) is 24.6 Å². The van der Waals surface area contributed by atoms with E-state index >= 15 is 0 Å². The highest BCUT2D eigenvalue weighted by Gasteiger charge is 2.38. The molecule has 0 fully saturated rings. The molecular formula is C21H29F6N5O5. The molecule has 0 atom stereocenters. The largest absolute Gasteiger partial charge is 0.490 e. The Balaban J connectivity index is 0.000000404. The van der Waals surface area contributed by atoms with E-state index in [0.717, 1.165) is 62.3 Å². The molecule has 0 unspecified atom stereocenters. The van der Waals surface area contributed by atoms with Gasteiger partial charge in [0.1, 0.15) is 23.2 Å². The quantitative estimate of drug-likeness (QED) is 0.545. The average Bonchev–Trinajstić information content (AvgIpc) is 3.28. The zero-order chi connectivity index (χ0) is 28.6. The van der Waals surface area contributed by atoms with Crippen LogP contribution < -0.4 is 0 Å². The van der Waals surface area contributed by atoms with Gasteiger partial charge in [0.05, 0.1) is 13.1 Å². The van der Waals surface area contributed by atoms with Crippen LogP contribution in [0, 0.1) is 6.92 Å². The SMILES string of the molecule is Cc1ccc(CN2CCc3nnc(CN(C)C(C)C)n3CC2)o1.O=C(O)C(F)(F)F.O=C(O)C(F)(F)F. The van der Waals surface area contributed by atoms with Crippen LogP contribution >= 0.6 is 0 Å². The van der Waals surface area contributed by atoms with E-state index in [0.29, 0.717) is 6.04 Å². The van der Waals surface area contributed by atoms with Gasteiger partial charge < -0.3 is 19.2 Å². The van der Waals surface area contributed by atoms with Crippen LogP contribution in [0.15, 0.2) is 16.5 Å². The van der Waals surface area contributed by atoms with E-state index in [1.807, 2.05) is 13.0 Å². The number of carboxylic acids is 2. The Hall–Kier alpha value is -3.14. The number of hydrogen-bond acceptors (Lipinski definition) is 7. The van der Waals surface area contributed by atoms with Gasteiger partial charge in [0.2, 0.25) is 0 Å². The maximum atomic E-state index is 10.6. The number of fused-ring (bicyclic) bond motifs is 1. The molecule has 2 aromatic heterocycles. The van der Waals surface area contributed by atoms with Crippen LogP contribution in [-0.4, -0.2) is 85.2 Å². The second kappa shape index (κ2) is 13.4. The smallest absolute Gasteiger partial charge is 0.475 e. The minimum atomic E-state index is -5.08. The maximum absolute atomic E-state index is 10.6. The number of carbonyl (C=O) groups is 2. The minimum absolute atomic E-state index is 0.507. The van der Waals surface area contributed by atoms with E-state index in [4.69, 9.17) is 24.2 Å². The maximum Gasteiger partial charge on any atom is 0.490 e. The molecule has 0 amide bonds. The monoisotopic (exact) mass is 545 g/mol. The van der Waals surface area contributed by atoms with E-state index in [1.54, 1.807) is 0 Å². The summed E-state index contributed by atoms with van der Waals surface area (Å²) in [6, 6.07) is 4.61. The number of carboxylic acid groups (broad SMARTS) is 2. The molecule has 2 aromatic rings.